The lowest BCUT2D eigenvalue weighted by molar-refractivity contribution is -0.140. The van der Waals surface area contributed by atoms with Crippen LogP contribution in [-0.2, 0) is 26.2 Å². The van der Waals surface area contributed by atoms with Gasteiger partial charge >= 0.3 is 0 Å². The zero-order valence-corrected chi connectivity index (χ0v) is 21.9. The lowest BCUT2D eigenvalue weighted by Gasteiger charge is -2.33. The van der Waals surface area contributed by atoms with Crippen molar-refractivity contribution in [3.63, 3.8) is 0 Å². The molecule has 0 spiro atoms. The van der Waals surface area contributed by atoms with Crippen LogP contribution >= 0.6 is 11.6 Å². The number of nitrogens with zero attached hydrogens (tertiary/aromatic N) is 2. The lowest BCUT2D eigenvalue weighted by atomic mass is 10.1. The number of carbonyl (C=O) groups excluding carboxylic acids is 2. The van der Waals surface area contributed by atoms with E-state index in [2.05, 4.69) is 5.32 Å². The molecule has 0 aliphatic rings. The molecule has 0 heterocycles. The van der Waals surface area contributed by atoms with Gasteiger partial charge in [0.2, 0.25) is 11.8 Å². The molecule has 0 aliphatic heterocycles. The van der Waals surface area contributed by atoms with Crippen molar-refractivity contribution in [2.24, 2.45) is 0 Å². The summed E-state index contributed by atoms with van der Waals surface area (Å²) in [7, 11) is -4.09. The number of nitrogens with one attached hydrogen (secondary N) is 1. The van der Waals surface area contributed by atoms with Gasteiger partial charge in [0.05, 0.1) is 10.6 Å². The number of hydrogen-bond donors (Lipinski definition) is 1. The molecule has 190 valence electrons. The Labute approximate surface area is 217 Å². The summed E-state index contributed by atoms with van der Waals surface area (Å²) >= 11 is 6.03. The molecule has 3 aromatic rings. The third-order valence-corrected chi connectivity index (χ3v) is 7.70. The van der Waals surface area contributed by atoms with Crippen molar-refractivity contribution in [3.8, 4) is 0 Å². The fourth-order valence-electron chi connectivity index (χ4n) is 3.85. The average Bonchev–Trinajstić information content (AvgIpc) is 2.89. The topological polar surface area (TPSA) is 86.8 Å². The SMILES string of the molecule is CCNC(=O)[C@@H](CC)N(Cc1ccccc1)C(=O)CN(c1ccc(Cl)cc1)S(=O)(=O)c1ccccc1. The molecule has 0 aliphatic carbocycles. The van der Waals surface area contributed by atoms with Crippen LogP contribution in [0.1, 0.15) is 25.8 Å². The van der Waals surface area contributed by atoms with Gasteiger partial charge in [0.1, 0.15) is 12.6 Å². The first-order valence-corrected chi connectivity index (χ1v) is 13.5. The molecular formula is C27H30ClN3O4S. The molecule has 0 radical (unpaired) electrons. The molecule has 1 N–H and O–H groups in total. The van der Waals surface area contributed by atoms with Gasteiger partial charge in [0, 0.05) is 18.1 Å². The van der Waals surface area contributed by atoms with Crippen LogP contribution in [0.15, 0.2) is 89.8 Å². The highest BCUT2D eigenvalue weighted by Crippen LogP contribution is 2.26. The van der Waals surface area contributed by atoms with Crippen LogP contribution in [0.25, 0.3) is 0 Å². The summed E-state index contributed by atoms with van der Waals surface area (Å²) < 4.78 is 28.4. The third kappa shape index (κ3) is 6.65. The third-order valence-electron chi connectivity index (χ3n) is 5.66. The van der Waals surface area contributed by atoms with Crippen molar-refractivity contribution < 1.29 is 18.0 Å². The molecule has 0 unspecified atom stereocenters. The number of amides is 2. The van der Waals surface area contributed by atoms with Crippen molar-refractivity contribution in [2.45, 2.75) is 37.8 Å². The Hall–Kier alpha value is -3.36. The minimum absolute atomic E-state index is 0.0538. The number of likely N-dealkylation sites (N-methyl/N-ethyl adjacent to an activating group) is 1. The Bertz CT molecular complexity index is 1250. The quantitative estimate of drug-likeness (QED) is 0.398. The summed E-state index contributed by atoms with van der Waals surface area (Å²) in [5.74, 6) is -0.778. The molecule has 7 nitrogen and oxygen atoms in total. The van der Waals surface area contributed by atoms with Crippen molar-refractivity contribution in [3.05, 3.63) is 95.5 Å². The lowest BCUT2D eigenvalue weighted by Crippen LogP contribution is -2.52. The summed E-state index contributed by atoms with van der Waals surface area (Å²) in [6.45, 7) is 3.73. The van der Waals surface area contributed by atoms with Gasteiger partial charge in [-0.25, -0.2) is 8.42 Å². The van der Waals surface area contributed by atoms with Gasteiger partial charge in [-0.2, -0.15) is 0 Å². The molecule has 0 aromatic heterocycles. The molecular weight excluding hydrogens is 498 g/mol. The second-order valence-electron chi connectivity index (χ2n) is 8.13. The predicted molar refractivity (Wildman–Crippen MR) is 142 cm³/mol. The van der Waals surface area contributed by atoms with E-state index in [4.69, 9.17) is 11.6 Å². The van der Waals surface area contributed by atoms with Gasteiger partial charge in [-0.15, -0.1) is 0 Å². The van der Waals surface area contributed by atoms with Crippen molar-refractivity contribution in [2.75, 3.05) is 17.4 Å². The molecule has 0 saturated heterocycles. The number of halogens is 1. The smallest absolute Gasteiger partial charge is 0.264 e. The van der Waals surface area contributed by atoms with Gasteiger partial charge in [-0.1, -0.05) is 67.1 Å². The van der Waals surface area contributed by atoms with E-state index in [-0.39, 0.29) is 17.3 Å². The van der Waals surface area contributed by atoms with Gasteiger partial charge in [-0.3, -0.25) is 13.9 Å². The Morgan fingerprint density at radius 3 is 2.03 bits per heavy atom. The molecule has 2 amide bonds. The standard InChI is InChI=1S/C27H30ClN3O4S/c1-3-25(27(33)29-4-2)30(19-21-11-7-5-8-12-21)26(32)20-31(23-17-15-22(28)16-18-23)36(34,35)24-13-9-6-10-14-24/h5-18,25H,3-4,19-20H2,1-2H3,(H,29,33)/t25-/m1/s1. The van der Waals surface area contributed by atoms with Crippen LogP contribution in [0.3, 0.4) is 0 Å². The first-order valence-electron chi connectivity index (χ1n) is 11.7. The molecule has 3 aromatic carbocycles. The highest BCUT2D eigenvalue weighted by Gasteiger charge is 2.33. The van der Waals surface area contributed by atoms with E-state index in [0.717, 1.165) is 9.87 Å². The van der Waals surface area contributed by atoms with Crippen LogP contribution in [0, 0.1) is 0 Å². The normalized spacial score (nSPS) is 12.0. The van der Waals surface area contributed by atoms with E-state index in [1.54, 1.807) is 42.5 Å². The van der Waals surface area contributed by atoms with E-state index in [0.29, 0.717) is 23.7 Å². The van der Waals surface area contributed by atoms with Crippen LogP contribution in [0.4, 0.5) is 5.69 Å². The minimum Gasteiger partial charge on any atom is -0.355 e. The predicted octanol–water partition coefficient (Wildman–Crippen LogP) is 4.48. The monoisotopic (exact) mass is 527 g/mol. The van der Waals surface area contributed by atoms with Crippen LogP contribution < -0.4 is 9.62 Å². The molecule has 0 bridgehead atoms. The molecule has 36 heavy (non-hydrogen) atoms. The largest absolute Gasteiger partial charge is 0.355 e. The Kier molecular flexibility index (Phi) is 9.50. The highest BCUT2D eigenvalue weighted by molar-refractivity contribution is 7.92. The zero-order valence-electron chi connectivity index (χ0n) is 20.3. The maximum Gasteiger partial charge on any atom is 0.264 e. The molecule has 0 saturated carbocycles. The van der Waals surface area contributed by atoms with E-state index in [9.17, 15) is 18.0 Å². The second-order valence-corrected chi connectivity index (χ2v) is 10.4. The number of carbonyl (C=O) groups is 2. The number of anilines is 1. The van der Waals surface area contributed by atoms with Crippen LogP contribution in [0.5, 0.6) is 0 Å². The average molecular weight is 528 g/mol. The Morgan fingerprint density at radius 1 is 0.889 bits per heavy atom. The van der Waals surface area contributed by atoms with Crippen LogP contribution in [-0.4, -0.2) is 44.3 Å². The number of rotatable bonds is 11. The maximum atomic E-state index is 13.8. The van der Waals surface area contributed by atoms with Crippen molar-refractivity contribution >= 4 is 39.1 Å². The summed E-state index contributed by atoms with van der Waals surface area (Å²) in [6.07, 6.45) is 0.372. The first kappa shape index (κ1) is 27.2. The number of hydrogen-bond acceptors (Lipinski definition) is 4. The molecule has 1 atom stereocenters. The summed E-state index contributed by atoms with van der Waals surface area (Å²) in [5.41, 5.74) is 1.12. The van der Waals surface area contributed by atoms with E-state index in [1.165, 1.54) is 17.0 Å². The molecule has 9 heteroatoms. The Balaban J connectivity index is 2.03. The molecule has 3 rings (SSSR count). The number of sulfonamides is 1. The van der Waals surface area contributed by atoms with E-state index in [1.807, 2.05) is 44.2 Å². The van der Waals surface area contributed by atoms with E-state index >= 15 is 0 Å². The second kappa shape index (κ2) is 12.6. The van der Waals surface area contributed by atoms with Gasteiger partial charge in [0.25, 0.3) is 10.0 Å². The van der Waals surface area contributed by atoms with Gasteiger partial charge in [0.15, 0.2) is 0 Å². The summed E-state index contributed by atoms with van der Waals surface area (Å²) in [5, 5.41) is 3.23. The maximum absolute atomic E-state index is 13.8. The summed E-state index contributed by atoms with van der Waals surface area (Å²) in [4.78, 5) is 28.2. The number of benzene rings is 3. The fraction of sp³-hybridized carbons (Fsp3) is 0.259. The van der Waals surface area contributed by atoms with Gasteiger partial charge < -0.3 is 10.2 Å². The zero-order chi connectivity index (χ0) is 26.1. The van der Waals surface area contributed by atoms with Crippen molar-refractivity contribution in [1.82, 2.24) is 10.2 Å². The van der Waals surface area contributed by atoms with E-state index < -0.39 is 28.5 Å². The minimum atomic E-state index is -4.09. The van der Waals surface area contributed by atoms with Gasteiger partial charge in [-0.05, 0) is 55.3 Å². The first-order chi connectivity index (χ1) is 17.3. The van der Waals surface area contributed by atoms with Crippen LogP contribution in [0.2, 0.25) is 5.02 Å². The fourth-order valence-corrected chi connectivity index (χ4v) is 5.41. The Morgan fingerprint density at radius 2 is 1.47 bits per heavy atom. The highest BCUT2D eigenvalue weighted by atomic mass is 35.5. The van der Waals surface area contributed by atoms with Crippen molar-refractivity contribution in [1.29, 1.82) is 0 Å². The molecule has 0 fully saturated rings. The summed E-state index contributed by atoms with van der Waals surface area (Å²) in [6, 6.07) is 22.7.